The number of nitrogens with zero attached hydrogens (tertiary/aromatic N) is 3. The molecule has 0 saturated heterocycles. The molecule has 1 aromatic heterocycles. The van der Waals surface area contributed by atoms with Crippen molar-refractivity contribution in [3.8, 4) is 0 Å². The quantitative estimate of drug-likeness (QED) is 0.707. The molecule has 1 amide bonds. The summed E-state index contributed by atoms with van der Waals surface area (Å²) in [5.41, 5.74) is 1.49. The van der Waals surface area contributed by atoms with E-state index in [1.807, 2.05) is 0 Å². The van der Waals surface area contributed by atoms with Crippen molar-refractivity contribution >= 4 is 32.4 Å². The molecule has 0 unspecified atom stereocenters. The molecule has 1 aromatic carbocycles. The Kier molecular flexibility index (Phi) is 6.76. The van der Waals surface area contributed by atoms with E-state index in [1.165, 1.54) is 39.1 Å². The first kappa shape index (κ1) is 22.4. The molecule has 0 atom stereocenters. The first-order valence-electron chi connectivity index (χ1n) is 11.0. The molecular formula is C22H30N4O3S2. The molecule has 2 aromatic rings. The first-order chi connectivity index (χ1) is 14.9. The Labute approximate surface area is 188 Å². The zero-order valence-corrected chi connectivity index (χ0v) is 19.8. The van der Waals surface area contributed by atoms with E-state index < -0.39 is 10.0 Å². The summed E-state index contributed by atoms with van der Waals surface area (Å²) in [6.07, 6.45) is 6.03. The third kappa shape index (κ3) is 4.84. The lowest BCUT2D eigenvalue weighted by atomic mass is 9.96. The van der Waals surface area contributed by atoms with Gasteiger partial charge in [0.05, 0.1) is 10.6 Å². The molecule has 0 bridgehead atoms. The Morgan fingerprint density at radius 3 is 2.61 bits per heavy atom. The van der Waals surface area contributed by atoms with Gasteiger partial charge in [-0.15, -0.1) is 11.3 Å². The summed E-state index contributed by atoms with van der Waals surface area (Å²) in [6.45, 7) is 5.02. The lowest BCUT2D eigenvalue weighted by molar-refractivity contribution is 0.102. The lowest BCUT2D eigenvalue weighted by Crippen LogP contribution is -2.38. The maximum Gasteiger partial charge on any atom is 0.257 e. The summed E-state index contributed by atoms with van der Waals surface area (Å²) < 4.78 is 27.5. The summed E-state index contributed by atoms with van der Waals surface area (Å²) in [4.78, 5) is 21.0. The molecule has 4 rings (SSSR count). The standard InChI is InChI=1S/C22H30N4O3S2/c1-3-26-14-13-19-20(15-26)30-22(23-19)24-21(27)16-9-11-18(12-10-16)31(28,29)25(2)17-7-5-4-6-8-17/h9-12,17H,3-8,13-15H2,1-2H3,(H,23,24,27). The van der Waals surface area contributed by atoms with Crippen molar-refractivity contribution in [3.05, 3.63) is 40.4 Å². The van der Waals surface area contributed by atoms with Crippen molar-refractivity contribution in [1.82, 2.24) is 14.2 Å². The molecular weight excluding hydrogens is 432 g/mol. The second-order valence-electron chi connectivity index (χ2n) is 8.30. The number of thiazole rings is 1. The molecule has 168 valence electrons. The normalized spacial score (nSPS) is 18.2. The van der Waals surface area contributed by atoms with Gasteiger partial charge >= 0.3 is 0 Å². The van der Waals surface area contributed by atoms with Crippen LogP contribution in [0.5, 0.6) is 0 Å². The average Bonchev–Trinajstić information content (AvgIpc) is 3.20. The van der Waals surface area contributed by atoms with Gasteiger partial charge in [-0.3, -0.25) is 15.0 Å². The molecule has 1 fully saturated rings. The van der Waals surface area contributed by atoms with Gasteiger partial charge in [-0.05, 0) is 43.7 Å². The third-order valence-corrected chi connectivity index (χ3v) is 9.28. The zero-order valence-electron chi connectivity index (χ0n) is 18.1. The van der Waals surface area contributed by atoms with Crippen LogP contribution in [0.2, 0.25) is 0 Å². The SMILES string of the molecule is CCN1CCc2nc(NC(=O)c3ccc(S(=O)(=O)N(C)C4CCCCC4)cc3)sc2C1. The van der Waals surface area contributed by atoms with E-state index in [9.17, 15) is 13.2 Å². The van der Waals surface area contributed by atoms with Crippen LogP contribution >= 0.6 is 11.3 Å². The van der Waals surface area contributed by atoms with Gasteiger partial charge in [0.15, 0.2) is 5.13 Å². The average molecular weight is 463 g/mol. The fraction of sp³-hybridized carbons (Fsp3) is 0.545. The number of amides is 1. The largest absolute Gasteiger partial charge is 0.298 e. The van der Waals surface area contributed by atoms with E-state index in [4.69, 9.17) is 0 Å². The molecule has 1 aliphatic heterocycles. The van der Waals surface area contributed by atoms with Crippen molar-refractivity contribution in [2.45, 2.75) is 62.9 Å². The van der Waals surface area contributed by atoms with Gasteiger partial charge in [0.2, 0.25) is 10.0 Å². The van der Waals surface area contributed by atoms with E-state index >= 15 is 0 Å². The first-order valence-corrected chi connectivity index (χ1v) is 13.2. The Hall–Kier alpha value is -1.81. The number of anilines is 1. The number of benzene rings is 1. The van der Waals surface area contributed by atoms with Crippen molar-refractivity contribution in [2.75, 3.05) is 25.5 Å². The third-order valence-electron chi connectivity index (χ3n) is 6.36. The fourth-order valence-electron chi connectivity index (χ4n) is 4.33. The maximum atomic E-state index is 13.0. The monoisotopic (exact) mass is 462 g/mol. The van der Waals surface area contributed by atoms with Crippen molar-refractivity contribution in [3.63, 3.8) is 0 Å². The predicted molar refractivity (Wildman–Crippen MR) is 123 cm³/mol. The van der Waals surface area contributed by atoms with Crippen LogP contribution in [-0.4, -0.2) is 54.7 Å². The van der Waals surface area contributed by atoms with Gasteiger partial charge in [-0.2, -0.15) is 4.31 Å². The minimum Gasteiger partial charge on any atom is -0.298 e. The smallest absolute Gasteiger partial charge is 0.257 e. The number of nitrogens with one attached hydrogen (secondary N) is 1. The number of carbonyl (C=O) groups excluding carboxylic acids is 1. The van der Waals surface area contributed by atoms with Crippen molar-refractivity contribution < 1.29 is 13.2 Å². The van der Waals surface area contributed by atoms with Gasteiger partial charge in [0.1, 0.15) is 0 Å². The Morgan fingerprint density at radius 2 is 1.94 bits per heavy atom. The Morgan fingerprint density at radius 1 is 1.23 bits per heavy atom. The van der Waals surface area contributed by atoms with Gasteiger partial charge in [-0.1, -0.05) is 26.2 Å². The molecule has 1 N–H and O–H groups in total. The number of fused-ring (bicyclic) bond motifs is 1. The van der Waals surface area contributed by atoms with Crippen LogP contribution in [0.25, 0.3) is 0 Å². The van der Waals surface area contributed by atoms with Crippen molar-refractivity contribution in [1.29, 1.82) is 0 Å². The molecule has 31 heavy (non-hydrogen) atoms. The van der Waals surface area contributed by atoms with Crippen LogP contribution in [0, 0.1) is 0 Å². The number of likely N-dealkylation sites (N-methyl/N-ethyl adjacent to an activating group) is 1. The van der Waals surface area contributed by atoms with Crippen LogP contribution in [0.15, 0.2) is 29.2 Å². The lowest BCUT2D eigenvalue weighted by Gasteiger charge is -2.30. The van der Waals surface area contributed by atoms with Gasteiger partial charge in [0, 0.05) is 43.0 Å². The summed E-state index contributed by atoms with van der Waals surface area (Å²) in [5, 5.41) is 3.47. The number of hydrogen-bond donors (Lipinski definition) is 1. The fourth-order valence-corrected chi connectivity index (χ4v) is 6.79. The number of aromatic nitrogens is 1. The highest BCUT2D eigenvalue weighted by atomic mass is 32.2. The van der Waals surface area contributed by atoms with E-state index in [0.29, 0.717) is 10.7 Å². The number of rotatable bonds is 6. The maximum absolute atomic E-state index is 13.0. The molecule has 9 heteroatoms. The van der Waals surface area contributed by atoms with Gasteiger partial charge in [-0.25, -0.2) is 13.4 Å². The molecule has 7 nitrogen and oxygen atoms in total. The Balaban J connectivity index is 1.43. The summed E-state index contributed by atoms with van der Waals surface area (Å²) in [5.74, 6) is -0.275. The molecule has 0 radical (unpaired) electrons. The molecule has 1 aliphatic carbocycles. The van der Waals surface area contributed by atoms with Crippen LogP contribution in [0.4, 0.5) is 5.13 Å². The number of carbonyl (C=O) groups is 1. The number of hydrogen-bond acceptors (Lipinski definition) is 6. The Bertz CT molecular complexity index is 1030. The summed E-state index contributed by atoms with van der Waals surface area (Å²) >= 11 is 1.52. The van der Waals surface area contributed by atoms with E-state index in [1.54, 1.807) is 19.2 Å². The topological polar surface area (TPSA) is 82.6 Å². The van der Waals surface area contributed by atoms with E-state index in [-0.39, 0.29) is 16.8 Å². The van der Waals surface area contributed by atoms with Crippen LogP contribution < -0.4 is 5.32 Å². The predicted octanol–water partition coefficient (Wildman–Crippen LogP) is 3.73. The minimum atomic E-state index is -3.56. The van der Waals surface area contributed by atoms with E-state index in [2.05, 4.69) is 22.1 Å². The second-order valence-corrected chi connectivity index (χ2v) is 11.4. The van der Waals surface area contributed by atoms with Crippen LogP contribution in [-0.2, 0) is 23.0 Å². The second kappa shape index (κ2) is 9.36. The minimum absolute atomic E-state index is 0.0568. The molecule has 2 aliphatic rings. The summed E-state index contributed by atoms with van der Waals surface area (Å²) in [6, 6.07) is 6.25. The van der Waals surface area contributed by atoms with E-state index in [0.717, 1.165) is 57.4 Å². The van der Waals surface area contributed by atoms with Gasteiger partial charge < -0.3 is 0 Å². The van der Waals surface area contributed by atoms with Crippen LogP contribution in [0.3, 0.4) is 0 Å². The highest BCUT2D eigenvalue weighted by Crippen LogP contribution is 2.29. The summed E-state index contributed by atoms with van der Waals surface area (Å²) in [7, 11) is -1.90. The molecule has 0 spiro atoms. The molecule has 2 heterocycles. The van der Waals surface area contributed by atoms with Crippen LogP contribution in [0.1, 0.15) is 60.0 Å². The highest BCUT2D eigenvalue weighted by molar-refractivity contribution is 7.89. The number of sulfonamides is 1. The highest BCUT2D eigenvalue weighted by Gasteiger charge is 2.29. The van der Waals surface area contributed by atoms with Gasteiger partial charge in [0.25, 0.3) is 5.91 Å². The zero-order chi connectivity index (χ0) is 22.0. The molecule has 1 saturated carbocycles. The van der Waals surface area contributed by atoms with Crippen molar-refractivity contribution in [2.24, 2.45) is 0 Å².